The Bertz CT molecular complexity index is 2360. The topological polar surface area (TPSA) is 344 Å². The van der Waals surface area contributed by atoms with E-state index in [1.54, 1.807) is 0 Å². The van der Waals surface area contributed by atoms with Crippen LogP contribution in [-0.4, -0.2) is 111 Å². The van der Waals surface area contributed by atoms with Crippen LogP contribution in [0.1, 0.15) is 20.7 Å². The normalized spacial score (nSPS) is 19.5. The van der Waals surface area contributed by atoms with Gasteiger partial charge in [0.15, 0.2) is 57.9 Å². The minimum atomic E-state index is -2.23. The summed E-state index contributed by atoms with van der Waals surface area (Å²) < 4.78 is 28.3. The van der Waals surface area contributed by atoms with Crippen molar-refractivity contribution in [3.63, 3.8) is 0 Å². The third-order valence-corrected chi connectivity index (χ3v) is 8.28. The van der Waals surface area contributed by atoms with Gasteiger partial charge in [0.25, 0.3) is 0 Å². The number of esters is 2. The third kappa shape index (κ3) is 6.97. The molecule has 55 heavy (non-hydrogen) atoms. The second-order valence-corrected chi connectivity index (χ2v) is 11.9. The van der Waals surface area contributed by atoms with Gasteiger partial charge in [-0.05, 0) is 42.5 Å². The SMILES string of the molecule is O=C(O[C@@H]1[C@@H](Oc2c(-c3ccc(O)c(O)c3)oc3cc(O)cc(O)c3c2=O)O[C@@H](CO)[C@H](O)[C@H]1OC(=O)c1cc(O)c(O)c(O)c1)c1cc(O)c(O)c(O)c1. The molecule has 0 saturated carbocycles. The van der Waals surface area contributed by atoms with E-state index in [0.29, 0.717) is 24.3 Å². The van der Waals surface area contributed by atoms with Crippen LogP contribution in [0.2, 0.25) is 0 Å². The maximum absolute atomic E-state index is 14.1. The smallest absolute Gasteiger partial charge is 0.339 e. The molecule has 0 bridgehead atoms. The Morgan fingerprint density at radius 2 is 1.20 bits per heavy atom. The lowest BCUT2D eigenvalue weighted by Gasteiger charge is -2.42. The molecule has 0 unspecified atom stereocenters. The number of hydrogen-bond donors (Lipinski definition) is 12. The maximum atomic E-state index is 14.1. The first-order valence-electron chi connectivity index (χ1n) is 15.6. The molecule has 0 aliphatic carbocycles. The molecule has 2 heterocycles. The predicted molar refractivity (Wildman–Crippen MR) is 178 cm³/mol. The Labute approximate surface area is 304 Å². The molecule has 1 fully saturated rings. The van der Waals surface area contributed by atoms with Crippen LogP contribution >= 0.6 is 0 Å². The summed E-state index contributed by atoms with van der Waals surface area (Å²) in [6.07, 6.45) is -10.5. The fourth-order valence-corrected chi connectivity index (χ4v) is 5.57. The lowest BCUT2D eigenvalue weighted by atomic mass is 9.98. The number of aromatic hydroxyl groups is 10. The van der Waals surface area contributed by atoms with Crippen LogP contribution in [-0.2, 0) is 14.2 Å². The second kappa shape index (κ2) is 14.3. The van der Waals surface area contributed by atoms with E-state index in [2.05, 4.69) is 0 Å². The van der Waals surface area contributed by atoms with Crippen LogP contribution in [0.25, 0.3) is 22.3 Å². The summed E-state index contributed by atoms with van der Waals surface area (Å²) in [4.78, 5) is 40.9. The number of fused-ring (bicyclic) bond motifs is 1. The van der Waals surface area contributed by atoms with E-state index >= 15 is 0 Å². The molecule has 0 spiro atoms. The van der Waals surface area contributed by atoms with Crippen molar-refractivity contribution in [1.82, 2.24) is 0 Å². The van der Waals surface area contributed by atoms with Crippen molar-refractivity contribution >= 4 is 22.9 Å². The molecule has 288 valence electrons. The number of aliphatic hydroxyl groups excluding tert-OH is 2. The highest BCUT2D eigenvalue weighted by Gasteiger charge is 2.52. The lowest BCUT2D eigenvalue weighted by Crippen LogP contribution is -2.62. The Hall–Kier alpha value is -7.29. The molecule has 12 N–H and O–H groups in total. The molecule has 6 rings (SSSR count). The molecule has 20 heteroatoms. The van der Waals surface area contributed by atoms with Crippen LogP contribution in [0.4, 0.5) is 0 Å². The summed E-state index contributed by atoms with van der Waals surface area (Å²) in [5.41, 5.74) is -3.09. The van der Waals surface area contributed by atoms with Crippen LogP contribution < -0.4 is 10.2 Å². The summed E-state index contributed by atoms with van der Waals surface area (Å²) in [5, 5.41) is 121. The number of aliphatic hydroxyl groups is 2. The summed E-state index contributed by atoms with van der Waals surface area (Å²) in [7, 11) is 0. The van der Waals surface area contributed by atoms with Crippen molar-refractivity contribution in [3.8, 4) is 74.6 Å². The first-order chi connectivity index (χ1) is 26.0. The molecule has 5 aromatic rings. The Morgan fingerprint density at radius 3 is 1.73 bits per heavy atom. The van der Waals surface area contributed by atoms with Crippen molar-refractivity contribution in [1.29, 1.82) is 0 Å². The van der Waals surface area contributed by atoms with Crippen molar-refractivity contribution in [2.24, 2.45) is 0 Å². The van der Waals surface area contributed by atoms with E-state index in [-0.39, 0.29) is 5.56 Å². The number of hydrogen-bond acceptors (Lipinski definition) is 20. The number of carbonyl (C=O) groups is 2. The zero-order valence-electron chi connectivity index (χ0n) is 27.4. The number of ether oxygens (including phenoxy) is 4. The average Bonchev–Trinajstić information content (AvgIpc) is 3.13. The quantitative estimate of drug-likeness (QED) is 0.0784. The molecule has 0 amide bonds. The van der Waals surface area contributed by atoms with Gasteiger partial charge in [0.05, 0.1) is 17.7 Å². The second-order valence-electron chi connectivity index (χ2n) is 11.9. The zero-order chi connectivity index (χ0) is 40.0. The van der Waals surface area contributed by atoms with E-state index in [0.717, 1.165) is 30.3 Å². The van der Waals surface area contributed by atoms with Crippen LogP contribution in [0, 0.1) is 0 Å². The minimum absolute atomic E-state index is 0.180. The van der Waals surface area contributed by atoms with Gasteiger partial charge in [0.2, 0.25) is 23.6 Å². The molecular formula is C35H28O20. The Balaban J connectivity index is 1.51. The number of carbonyl (C=O) groups excluding carboxylic acids is 2. The van der Waals surface area contributed by atoms with Gasteiger partial charge in [-0.1, -0.05) is 0 Å². The van der Waals surface area contributed by atoms with Gasteiger partial charge in [0.1, 0.15) is 34.7 Å². The third-order valence-electron chi connectivity index (χ3n) is 8.28. The highest BCUT2D eigenvalue weighted by Crippen LogP contribution is 2.41. The fourth-order valence-electron chi connectivity index (χ4n) is 5.57. The number of phenolic OH excluding ortho intramolecular Hbond substituents is 10. The summed E-state index contributed by atoms with van der Waals surface area (Å²) in [6.45, 7) is -1.05. The first-order valence-corrected chi connectivity index (χ1v) is 15.6. The van der Waals surface area contributed by atoms with Crippen molar-refractivity contribution < 1.29 is 94.2 Å². The van der Waals surface area contributed by atoms with Gasteiger partial charge in [-0.15, -0.1) is 0 Å². The molecule has 1 aliphatic rings. The van der Waals surface area contributed by atoms with Gasteiger partial charge in [-0.25, -0.2) is 9.59 Å². The highest BCUT2D eigenvalue weighted by molar-refractivity contribution is 5.92. The maximum Gasteiger partial charge on any atom is 0.339 e. The van der Waals surface area contributed by atoms with E-state index in [1.807, 2.05) is 0 Å². The van der Waals surface area contributed by atoms with Crippen LogP contribution in [0.5, 0.6) is 63.2 Å². The number of benzene rings is 4. The molecule has 20 nitrogen and oxygen atoms in total. The fraction of sp³-hybridized carbons (Fsp3) is 0.171. The van der Waals surface area contributed by atoms with E-state index in [4.69, 9.17) is 23.4 Å². The van der Waals surface area contributed by atoms with Gasteiger partial charge in [-0.2, -0.15) is 0 Å². The first kappa shape index (κ1) is 37.5. The largest absolute Gasteiger partial charge is 0.508 e. The summed E-state index contributed by atoms with van der Waals surface area (Å²) >= 11 is 0. The minimum Gasteiger partial charge on any atom is -0.508 e. The molecule has 1 aromatic heterocycles. The van der Waals surface area contributed by atoms with Gasteiger partial charge in [0, 0.05) is 17.7 Å². The Kier molecular flexibility index (Phi) is 9.72. The molecule has 4 aromatic carbocycles. The summed E-state index contributed by atoms with van der Waals surface area (Å²) in [5.74, 6) is -13.0. The molecule has 1 saturated heterocycles. The summed E-state index contributed by atoms with van der Waals surface area (Å²) in [6, 6.07) is 7.41. The number of rotatable bonds is 8. The predicted octanol–water partition coefficient (Wildman–Crippen LogP) is 1.42. The van der Waals surface area contributed by atoms with E-state index in [1.165, 1.54) is 0 Å². The van der Waals surface area contributed by atoms with Crippen molar-refractivity contribution in [2.75, 3.05) is 6.61 Å². The molecule has 1 aliphatic heterocycles. The van der Waals surface area contributed by atoms with E-state index in [9.17, 15) is 75.7 Å². The van der Waals surface area contributed by atoms with Gasteiger partial charge >= 0.3 is 11.9 Å². The monoisotopic (exact) mass is 768 g/mol. The lowest BCUT2D eigenvalue weighted by molar-refractivity contribution is -0.276. The zero-order valence-corrected chi connectivity index (χ0v) is 27.4. The van der Waals surface area contributed by atoms with E-state index < -0.39 is 146 Å². The highest BCUT2D eigenvalue weighted by atomic mass is 16.7. The van der Waals surface area contributed by atoms with Gasteiger partial charge < -0.3 is 84.6 Å². The van der Waals surface area contributed by atoms with Crippen molar-refractivity contribution in [2.45, 2.75) is 30.7 Å². The van der Waals surface area contributed by atoms with Crippen LogP contribution in [0.3, 0.4) is 0 Å². The standard InChI is InChI=1S/C35H28O20/c36-10-23-27(47)30(53-33(49)12-4-18(41)25(45)19(42)5-12)32(54-34(50)13-6-20(43)26(46)21(44)7-13)35(52-23)55-31-28(48)24-17(40)8-14(37)9-22(24)51-29(31)11-1-2-15(38)16(39)3-11/h1-9,23,27,30,32,35-47H,10H2/t23-,27-,30+,32-,35+/m0/s1. The van der Waals surface area contributed by atoms with Crippen LogP contribution in [0.15, 0.2) is 63.8 Å². The molecule has 5 atom stereocenters. The molecule has 0 radical (unpaired) electrons. The van der Waals surface area contributed by atoms with Crippen molar-refractivity contribution in [3.05, 3.63) is 75.9 Å². The number of phenols is 10. The van der Waals surface area contributed by atoms with Gasteiger partial charge in [-0.3, -0.25) is 4.79 Å². The Morgan fingerprint density at radius 1 is 0.655 bits per heavy atom. The molecular weight excluding hydrogens is 740 g/mol. The average molecular weight is 769 g/mol.